The standard InChI is InChI=1S/C14H8Cl2N2/c15-9-5-6-10(12(16)7-9)14-11-3-1-2-4-13(11)17-8-18-14/h1-8H. The Morgan fingerprint density at radius 1 is 0.889 bits per heavy atom. The third-order valence-corrected chi connectivity index (χ3v) is 3.28. The molecule has 0 radical (unpaired) electrons. The lowest BCUT2D eigenvalue weighted by Gasteiger charge is -2.07. The number of halogens is 2. The monoisotopic (exact) mass is 274 g/mol. The van der Waals surface area contributed by atoms with Crippen LogP contribution in [0.4, 0.5) is 0 Å². The minimum absolute atomic E-state index is 0.589. The van der Waals surface area contributed by atoms with E-state index in [1.165, 1.54) is 0 Å². The van der Waals surface area contributed by atoms with E-state index < -0.39 is 0 Å². The summed E-state index contributed by atoms with van der Waals surface area (Å²) in [5.41, 5.74) is 2.58. The van der Waals surface area contributed by atoms with E-state index >= 15 is 0 Å². The summed E-state index contributed by atoms with van der Waals surface area (Å²) in [5, 5.41) is 2.18. The van der Waals surface area contributed by atoms with Gasteiger partial charge in [-0.3, -0.25) is 0 Å². The number of aromatic nitrogens is 2. The summed E-state index contributed by atoms with van der Waals surface area (Å²) >= 11 is 12.1. The number of nitrogens with zero attached hydrogens (tertiary/aromatic N) is 2. The van der Waals surface area contributed by atoms with E-state index in [-0.39, 0.29) is 0 Å². The molecule has 4 heteroatoms. The van der Waals surface area contributed by atoms with E-state index in [1.54, 1.807) is 18.5 Å². The molecule has 0 bridgehead atoms. The lowest BCUT2D eigenvalue weighted by molar-refractivity contribution is 1.22. The van der Waals surface area contributed by atoms with Crippen molar-refractivity contribution in [2.24, 2.45) is 0 Å². The minimum atomic E-state index is 0.589. The lowest BCUT2D eigenvalue weighted by Crippen LogP contribution is -1.89. The Morgan fingerprint density at radius 3 is 2.56 bits per heavy atom. The van der Waals surface area contributed by atoms with Crippen molar-refractivity contribution in [3.05, 3.63) is 58.8 Å². The van der Waals surface area contributed by atoms with Crippen LogP contribution in [-0.4, -0.2) is 9.97 Å². The first-order valence-corrected chi connectivity index (χ1v) is 6.16. The second-order valence-corrected chi connectivity index (χ2v) is 4.71. The van der Waals surface area contributed by atoms with Gasteiger partial charge in [0, 0.05) is 16.0 Å². The molecule has 0 N–H and O–H groups in total. The highest BCUT2D eigenvalue weighted by Crippen LogP contribution is 2.32. The second kappa shape index (κ2) is 4.56. The van der Waals surface area contributed by atoms with Gasteiger partial charge in [-0.2, -0.15) is 0 Å². The largest absolute Gasteiger partial charge is 0.236 e. The highest BCUT2D eigenvalue weighted by Gasteiger charge is 2.09. The van der Waals surface area contributed by atoms with Crippen molar-refractivity contribution in [2.75, 3.05) is 0 Å². The van der Waals surface area contributed by atoms with Crippen LogP contribution in [0.2, 0.25) is 10.0 Å². The van der Waals surface area contributed by atoms with Gasteiger partial charge in [0.1, 0.15) is 6.33 Å². The maximum absolute atomic E-state index is 6.22. The van der Waals surface area contributed by atoms with Crippen molar-refractivity contribution >= 4 is 34.1 Å². The summed E-state index contributed by atoms with van der Waals surface area (Å²) in [5.74, 6) is 0. The topological polar surface area (TPSA) is 25.8 Å². The van der Waals surface area contributed by atoms with Crippen molar-refractivity contribution in [2.45, 2.75) is 0 Å². The average molecular weight is 275 g/mol. The molecule has 0 fully saturated rings. The molecule has 0 atom stereocenters. The molecule has 0 aliphatic rings. The molecule has 0 saturated heterocycles. The van der Waals surface area contributed by atoms with Gasteiger partial charge in [-0.1, -0.05) is 41.4 Å². The van der Waals surface area contributed by atoms with Crippen molar-refractivity contribution in [3.8, 4) is 11.3 Å². The van der Waals surface area contributed by atoms with Gasteiger partial charge in [0.15, 0.2) is 0 Å². The van der Waals surface area contributed by atoms with E-state index in [4.69, 9.17) is 23.2 Å². The summed E-state index contributed by atoms with van der Waals surface area (Å²) in [6, 6.07) is 13.2. The summed E-state index contributed by atoms with van der Waals surface area (Å²) in [4.78, 5) is 8.56. The summed E-state index contributed by atoms with van der Waals surface area (Å²) < 4.78 is 0. The molecule has 0 spiro atoms. The smallest absolute Gasteiger partial charge is 0.116 e. The fourth-order valence-electron chi connectivity index (χ4n) is 1.90. The quantitative estimate of drug-likeness (QED) is 0.648. The van der Waals surface area contributed by atoms with Crippen LogP contribution in [0.15, 0.2) is 48.8 Å². The number of para-hydroxylation sites is 1. The number of fused-ring (bicyclic) bond motifs is 1. The normalized spacial score (nSPS) is 10.8. The van der Waals surface area contributed by atoms with Crippen LogP contribution in [0.3, 0.4) is 0 Å². The van der Waals surface area contributed by atoms with Crippen molar-refractivity contribution < 1.29 is 0 Å². The van der Waals surface area contributed by atoms with Crippen molar-refractivity contribution in [1.82, 2.24) is 9.97 Å². The van der Waals surface area contributed by atoms with Crippen LogP contribution in [0.25, 0.3) is 22.2 Å². The first-order valence-electron chi connectivity index (χ1n) is 5.41. The summed E-state index contributed by atoms with van der Waals surface area (Å²) in [7, 11) is 0. The number of benzene rings is 2. The number of hydrogen-bond donors (Lipinski definition) is 0. The second-order valence-electron chi connectivity index (χ2n) is 3.86. The predicted octanol–water partition coefficient (Wildman–Crippen LogP) is 4.60. The van der Waals surface area contributed by atoms with E-state index in [2.05, 4.69) is 9.97 Å². The Labute approximate surface area is 114 Å². The first kappa shape index (κ1) is 11.5. The fourth-order valence-corrected chi connectivity index (χ4v) is 2.40. The molecule has 0 unspecified atom stereocenters. The van der Waals surface area contributed by atoms with Crippen molar-refractivity contribution in [1.29, 1.82) is 0 Å². The van der Waals surface area contributed by atoms with Gasteiger partial charge < -0.3 is 0 Å². The fraction of sp³-hybridized carbons (Fsp3) is 0. The molecule has 1 heterocycles. The highest BCUT2D eigenvalue weighted by molar-refractivity contribution is 6.36. The van der Waals surface area contributed by atoms with Crippen LogP contribution in [0.1, 0.15) is 0 Å². The molecule has 0 amide bonds. The molecule has 0 aliphatic carbocycles. The average Bonchev–Trinajstić information content (AvgIpc) is 2.38. The van der Waals surface area contributed by atoms with Crippen molar-refractivity contribution in [3.63, 3.8) is 0 Å². The molecule has 2 nitrogen and oxygen atoms in total. The minimum Gasteiger partial charge on any atom is -0.236 e. The molecule has 2 aromatic carbocycles. The third kappa shape index (κ3) is 1.94. The van der Waals surface area contributed by atoms with Gasteiger partial charge >= 0.3 is 0 Å². The van der Waals surface area contributed by atoms with Gasteiger partial charge in [-0.05, 0) is 24.3 Å². The predicted molar refractivity (Wildman–Crippen MR) is 75.0 cm³/mol. The van der Waals surface area contributed by atoms with Crippen LogP contribution in [0.5, 0.6) is 0 Å². The zero-order valence-electron chi connectivity index (χ0n) is 9.27. The molecule has 3 aromatic rings. The molecule has 0 saturated carbocycles. The van der Waals surface area contributed by atoms with E-state index in [0.29, 0.717) is 10.0 Å². The Balaban J connectivity index is 2.31. The molecule has 1 aromatic heterocycles. The van der Waals surface area contributed by atoms with E-state index in [0.717, 1.165) is 22.2 Å². The SMILES string of the molecule is Clc1ccc(-c2ncnc3ccccc23)c(Cl)c1. The maximum Gasteiger partial charge on any atom is 0.116 e. The van der Waals surface area contributed by atoms with E-state index in [9.17, 15) is 0 Å². The van der Waals surface area contributed by atoms with E-state index in [1.807, 2.05) is 30.3 Å². The summed E-state index contributed by atoms with van der Waals surface area (Å²) in [6.45, 7) is 0. The molecular weight excluding hydrogens is 267 g/mol. The Bertz CT molecular complexity index is 721. The van der Waals surface area contributed by atoms with Crippen LogP contribution in [-0.2, 0) is 0 Å². The van der Waals surface area contributed by atoms with Gasteiger partial charge in [0.05, 0.1) is 16.2 Å². The van der Waals surface area contributed by atoms with Crippen LogP contribution in [0, 0.1) is 0 Å². The Morgan fingerprint density at radius 2 is 1.72 bits per heavy atom. The molecule has 3 rings (SSSR count). The van der Waals surface area contributed by atoms with Gasteiger partial charge in [0.25, 0.3) is 0 Å². The third-order valence-electron chi connectivity index (χ3n) is 2.73. The zero-order chi connectivity index (χ0) is 12.5. The highest BCUT2D eigenvalue weighted by atomic mass is 35.5. The van der Waals surface area contributed by atoms with Gasteiger partial charge in [0.2, 0.25) is 0 Å². The molecule has 18 heavy (non-hydrogen) atoms. The Hall–Kier alpha value is -1.64. The van der Waals surface area contributed by atoms with Gasteiger partial charge in [-0.15, -0.1) is 0 Å². The zero-order valence-corrected chi connectivity index (χ0v) is 10.8. The Kier molecular flexibility index (Phi) is 2.90. The number of hydrogen-bond acceptors (Lipinski definition) is 2. The summed E-state index contributed by atoms with van der Waals surface area (Å²) in [6.07, 6.45) is 1.54. The van der Waals surface area contributed by atoms with Crippen LogP contribution < -0.4 is 0 Å². The molecule has 88 valence electrons. The number of rotatable bonds is 1. The molecule has 0 aliphatic heterocycles. The van der Waals surface area contributed by atoms with Crippen LogP contribution >= 0.6 is 23.2 Å². The first-order chi connectivity index (χ1) is 8.75. The lowest BCUT2D eigenvalue weighted by atomic mass is 10.1. The maximum atomic E-state index is 6.22. The molecular formula is C14H8Cl2N2. The van der Waals surface area contributed by atoms with Gasteiger partial charge in [-0.25, -0.2) is 9.97 Å².